The Hall–Kier alpha value is -1.89. The number of carbonyl (C=O) groups is 1. The van der Waals surface area contributed by atoms with Crippen molar-refractivity contribution in [3.8, 4) is 0 Å². The molecule has 112 valence electrons. The molecular formula is C13H24N6O. The molecule has 7 heteroatoms. The maximum Gasteiger partial charge on any atom is 0.242 e. The van der Waals surface area contributed by atoms with Crippen molar-refractivity contribution in [2.75, 3.05) is 17.3 Å². The fourth-order valence-electron chi connectivity index (χ4n) is 1.67. The van der Waals surface area contributed by atoms with E-state index >= 15 is 0 Å². The van der Waals surface area contributed by atoms with Gasteiger partial charge in [-0.25, -0.2) is 15.8 Å². The predicted octanol–water partition coefficient (Wildman–Crippen LogP) is 0.960. The Kier molecular flexibility index (Phi) is 6.17. The van der Waals surface area contributed by atoms with Gasteiger partial charge in [0, 0.05) is 18.5 Å². The van der Waals surface area contributed by atoms with Crippen LogP contribution in [-0.4, -0.2) is 28.5 Å². The Balaban J connectivity index is 2.88. The molecule has 5 N–H and O–H groups in total. The van der Waals surface area contributed by atoms with E-state index in [2.05, 4.69) is 26.0 Å². The van der Waals surface area contributed by atoms with Gasteiger partial charge in [0.1, 0.15) is 23.5 Å². The number of nitrogens with two attached hydrogens (primary N) is 1. The summed E-state index contributed by atoms with van der Waals surface area (Å²) in [6.45, 7) is 8.30. The van der Waals surface area contributed by atoms with E-state index in [0.29, 0.717) is 30.4 Å². The SMILES string of the molecule is CCCNC(=O)C(C)Nc1nc(CC)nc(NN)c1C. The quantitative estimate of drug-likeness (QED) is 0.438. The summed E-state index contributed by atoms with van der Waals surface area (Å²) in [4.78, 5) is 20.6. The molecule has 0 fully saturated rings. The second-order valence-corrected chi connectivity index (χ2v) is 4.62. The zero-order valence-corrected chi connectivity index (χ0v) is 12.6. The molecule has 1 atom stereocenters. The number of hydrogen-bond donors (Lipinski definition) is 4. The normalized spacial score (nSPS) is 11.8. The van der Waals surface area contributed by atoms with E-state index in [1.807, 2.05) is 20.8 Å². The second-order valence-electron chi connectivity index (χ2n) is 4.62. The summed E-state index contributed by atoms with van der Waals surface area (Å²) in [5, 5.41) is 5.95. The van der Waals surface area contributed by atoms with Crippen LogP contribution >= 0.6 is 0 Å². The van der Waals surface area contributed by atoms with Crippen molar-refractivity contribution in [1.82, 2.24) is 15.3 Å². The molecule has 0 aliphatic carbocycles. The van der Waals surface area contributed by atoms with Crippen LogP contribution in [0, 0.1) is 6.92 Å². The first-order chi connectivity index (χ1) is 9.53. The van der Waals surface area contributed by atoms with E-state index in [9.17, 15) is 4.79 Å². The third-order valence-electron chi connectivity index (χ3n) is 2.94. The van der Waals surface area contributed by atoms with Gasteiger partial charge in [-0.1, -0.05) is 13.8 Å². The molecule has 1 unspecified atom stereocenters. The third-order valence-corrected chi connectivity index (χ3v) is 2.94. The Morgan fingerprint density at radius 1 is 1.30 bits per heavy atom. The first kappa shape index (κ1) is 16.2. The minimum absolute atomic E-state index is 0.0508. The summed E-state index contributed by atoms with van der Waals surface area (Å²) in [6.07, 6.45) is 1.60. The van der Waals surface area contributed by atoms with Crippen LogP contribution in [0.15, 0.2) is 0 Å². The summed E-state index contributed by atoms with van der Waals surface area (Å²) in [5.74, 6) is 7.27. The molecule has 1 aromatic heterocycles. The number of carbonyl (C=O) groups excluding carboxylic acids is 1. The Morgan fingerprint density at radius 3 is 2.50 bits per heavy atom. The lowest BCUT2D eigenvalue weighted by Crippen LogP contribution is -2.38. The molecule has 0 radical (unpaired) electrons. The van der Waals surface area contributed by atoms with Gasteiger partial charge in [-0.3, -0.25) is 4.79 Å². The molecule has 0 saturated carbocycles. The maximum absolute atomic E-state index is 11.9. The summed E-state index contributed by atoms with van der Waals surface area (Å²) < 4.78 is 0. The Morgan fingerprint density at radius 2 is 1.95 bits per heavy atom. The van der Waals surface area contributed by atoms with Crippen LogP contribution < -0.4 is 21.9 Å². The summed E-state index contributed by atoms with van der Waals surface area (Å²) >= 11 is 0. The number of rotatable bonds is 7. The van der Waals surface area contributed by atoms with E-state index in [1.165, 1.54) is 0 Å². The molecule has 0 bridgehead atoms. The van der Waals surface area contributed by atoms with E-state index in [4.69, 9.17) is 5.84 Å². The molecule has 0 aliphatic heterocycles. The van der Waals surface area contributed by atoms with Crippen molar-refractivity contribution in [2.24, 2.45) is 5.84 Å². The minimum Gasteiger partial charge on any atom is -0.358 e. The van der Waals surface area contributed by atoms with Gasteiger partial charge in [0.25, 0.3) is 0 Å². The van der Waals surface area contributed by atoms with Crippen LogP contribution in [-0.2, 0) is 11.2 Å². The molecule has 0 aliphatic rings. The lowest BCUT2D eigenvalue weighted by atomic mass is 10.2. The number of anilines is 2. The van der Waals surface area contributed by atoms with Crippen LogP contribution in [0.1, 0.15) is 38.6 Å². The highest BCUT2D eigenvalue weighted by Crippen LogP contribution is 2.20. The average Bonchev–Trinajstić information content (AvgIpc) is 2.46. The molecule has 1 heterocycles. The van der Waals surface area contributed by atoms with Crippen LogP contribution in [0.3, 0.4) is 0 Å². The molecule has 0 saturated heterocycles. The van der Waals surface area contributed by atoms with E-state index in [1.54, 1.807) is 6.92 Å². The molecule has 0 aromatic carbocycles. The lowest BCUT2D eigenvalue weighted by Gasteiger charge is -2.17. The van der Waals surface area contributed by atoms with Gasteiger partial charge in [-0.05, 0) is 20.3 Å². The zero-order valence-electron chi connectivity index (χ0n) is 12.6. The van der Waals surface area contributed by atoms with Crippen LogP contribution in [0.25, 0.3) is 0 Å². The van der Waals surface area contributed by atoms with Gasteiger partial charge in [0.2, 0.25) is 5.91 Å². The number of amides is 1. The van der Waals surface area contributed by atoms with Gasteiger partial charge in [-0.15, -0.1) is 0 Å². The minimum atomic E-state index is -0.370. The van der Waals surface area contributed by atoms with Gasteiger partial charge in [0.15, 0.2) is 0 Å². The molecule has 0 spiro atoms. The van der Waals surface area contributed by atoms with Crippen LogP contribution in [0.2, 0.25) is 0 Å². The molecular weight excluding hydrogens is 256 g/mol. The number of aromatic nitrogens is 2. The van der Waals surface area contributed by atoms with Crippen molar-refractivity contribution in [2.45, 2.75) is 46.6 Å². The van der Waals surface area contributed by atoms with E-state index < -0.39 is 0 Å². The standard InChI is InChI=1S/C13H24N6O/c1-5-7-15-13(20)9(4)16-11-8(3)12(19-14)18-10(6-2)17-11/h9H,5-7,14H2,1-4H3,(H,15,20)(H2,16,17,18,19). The van der Waals surface area contributed by atoms with Crippen molar-refractivity contribution in [3.63, 3.8) is 0 Å². The highest BCUT2D eigenvalue weighted by Gasteiger charge is 2.16. The number of nitrogens with zero attached hydrogens (tertiary/aromatic N) is 2. The monoisotopic (exact) mass is 280 g/mol. The first-order valence-electron chi connectivity index (χ1n) is 6.91. The van der Waals surface area contributed by atoms with Crippen LogP contribution in [0.5, 0.6) is 0 Å². The number of aryl methyl sites for hydroxylation is 1. The number of hydrogen-bond acceptors (Lipinski definition) is 6. The van der Waals surface area contributed by atoms with Gasteiger partial charge in [-0.2, -0.15) is 0 Å². The van der Waals surface area contributed by atoms with Gasteiger partial charge >= 0.3 is 0 Å². The largest absolute Gasteiger partial charge is 0.358 e. The van der Waals surface area contributed by atoms with Crippen molar-refractivity contribution in [1.29, 1.82) is 0 Å². The lowest BCUT2D eigenvalue weighted by molar-refractivity contribution is -0.121. The maximum atomic E-state index is 11.9. The zero-order chi connectivity index (χ0) is 15.1. The van der Waals surface area contributed by atoms with Gasteiger partial charge in [0.05, 0.1) is 0 Å². The fourth-order valence-corrected chi connectivity index (χ4v) is 1.67. The van der Waals surface area contributed by atoms with Crippen molar-refractivity contribution < 1.29 is 4.79 Å². The van der Waals surface area contributed by atoms with Crippen molar-refractivity contribution in [3.05, 3.63) is 11.4 Å². The van der Waals surface area contributed by atoms with Crippen molar-refractivity contribution >= 4 is 17.5 Å². The highest BCUT2D eigenvalue weighted by molar-refractivity contribution is 5.84. The number of hydrazine groups is 1. The molecule has 1 aromatic rings. The summed E-state index contributed by atoms with van der Waals surface area (Å²) in [7, 11) is 0. The Labute approximate surface area is 119 Å². The summed E-state index contributed by atoms with van der Waals surface area (Å²) in [6, 6.07) is -0.370. The Bertz CT molecular complexity index is 462. The van der Waals surface area contributed by atoms with Gasteiger partial charge < -0.3 is 16.1 Å². The highest BCUT2D eigenvalue weighted by atomic mass is 16.2. The molecule has 1 rings (SSSR count). The van der Waals surface area contributed by atoms with E-state index in [-0.39, 0.29) is 11.9 Å². The first-order valence-corrected chi connectivity index (χ1v) is 6.91. The topological polar surface area (TPSA) is 105 Å². The smallest absolute Gasteiger partial charge is 0.242 e. The predicted molar refractivity (Wildman–Crippen MR) is 80.3 cm³/mol. The number of nitrogen functional groups attached to an aromatic ring is 1. The molecule has 20 heavy (non-hydrogen) atoms. The molecule has 1 amide bonds. The fraction of sp³-hybridized carbons (Fsp3) is 0.615. The second kappa shape index (κ2) is 7.64. The number of nitrogens with one attached hydrogen (secondary N) is 3. The van der Waals surface area contributed by atoms with Crippen LogP contribution in [0.4, 0.5) is 11.6 Å². The third kappa shape index (κ3) is 4.06. The molecule has 7 nitrogen and oxygen atoms in total. The van der Waals surface area contributed by atoms with E-state index in [0.717, 1.165) is 12.0 Å². The summed E-state index contributed by atoms with van der Waals surface area (Å²) in [5.41, 5.74) is 3.35. The average molecular weight is 280 g/mol.